The number of hydrogen-bond donors (Lipinski definition) is 2. The maximum Gasteiger partial charge on any atom is 0.274 e. The molecule has 0 bridgehead atoms. The van der Waals surface area contributed by atoms with Crippen LogP contribution >= 0.6 is 0 Å². The van der Waals surface area contributed by atoms with E-state index in [2.05, 4.69) is 20.6 Å². The Morgan fingerprint density at radius 2 is 1.56 bits per heavy atom. The molecule has 0 radical (unpaired) electrons. The molecule has 3 rings (SSSR count). The zero-order valence-corrected chi connectivity index (χ0v) is 15.1. The highest BCUT2D eigenvalue weighted by atomic mass is 19.1. The Morgan fingerprint density at radius 3 is 2.19 bits per heavy atom. The summed E-state index contributed by atoms with van der Waals surface area (Å²) in [6.07, 6.45) is 0. The summed E-state index contributed by atoms with van der Waals surface area (Å²) in [7, 11) is 0. The first-order valence-corrected chi connectivity index (χ1v) is 8.28. The molecule has 2 N–H and O–H groups in total. The maximum atomic E-state index is 13.8. The fraction of sp³-hybridized carbons (Fsp3) is 0.150. The molecule has 0 atom stereocenters. The van der Waals surface area contributed by atoms with Crippen LogP contribution in [0.4, 0.5) is 26.0 Å². The zero-order chi connectivity index (χ0) is 19.6. The molecule has 7 heteroatoms. The van der Waals surface area contributed by atoms with Gasteiger partial charge in [0.05, 0.1) is 0 Å². The molecule has 2 aromatic carbocycles. The van der Waals surface area contributed by atoms with Crippen molar-refractivity contribution in [2.24, 2.45) is 0 Å². The predicted octanol–water partition coefficient (Wildman–Crippen LogP) is 4.68. The van der Waals surface area contributed by atoms with Crippen molar-refractivity contribution in [2.75, 3.05) is 10.6 Å². The average Bonchev–Trinajstić information content (AvgIpc) is 2.57. The van der Waals surface area contributed by atoms with Crippen molar-refractivity contribution in [3.8, 4) is 0 Å². The molecule has 27 heavy (non-hydrogen) atoms. The summed E-state index contributed by atoms with van der Waals surface area (Å²) < 4.78 is 27.7. The van der Waals surface area contributed by atoms with Crippen molar-refractivity contribution in [1.29, 1.82) is 0 Å². The molecule has 1 aromatic heterocycles. The molecule has 0 fully saturated rings. The maximum absolute atomic E-state index is 13.8. The van der Waals surface area contributed by atoms with Crippen LogP contribution in [-0.4, -0.2) is 15.9 Å². The first-order chi connectivity index (χ1) is 12.8. The van der Waals surface area contributed by atoms with E-state index >= 15 is 0 Å². The van der Waals surface area contributed by atoms with Crippen LogP contribution in [0.2, 0.25) is 0 Å². The Morgan fingerprint density at radius 1 is 0.926 bits per heavy atom. The van der Waals surface area contributed by atoms with Crippen molar-refractivity contribution < 1.29 is 13.6 Å². The van der Waals surface area contributed by atoms with Crippen LogP contribution in [-0.2, 0) is 0 Å². The molecule has 0 unspecified atom stereocenters. The number of nitrogens with zero attached hydrogens (tertiary/aromatic N) is 2. The Balaban J connectivity index is 1.87. The monoisotopic (exact) mass is 368 g/mol. The number of halogens is 2. The molecular formula is C20H18F2N4O. The number of rotatable bonds is 4. The number of aromatic nitrogens is 2. The number of amides is 1. The first-order valence-electron chi connectivity index (χ1n) is 8.28. The van der Waals surface area contributed by atoms with Crippen molar-refractivity contribution in [2.45, 2.75) is 20.8 Å². The second-order valence-corrected chi connectivity index (χ2v) is 6.24. The summed E-state index contributed by atoms with van der Waals surface area (Å²) in [6.45, 7) is 5.46. The smallest absolute Gasteiger partial charge is 0.274 e. The lowest BCUT2D eigenvalue weighted by Gasteiger charge is -2.11. The SMILES string of the molecule is Cc1cc(C)cc(NC(=O)c2cc(Nc3c(F)cccc3F)nc(C)n2)c1. The Hall–Kier alpha value is -3.35. The number of benzene rings is 2. The van der Waals surface area contributed by atoms with Crippen molar-refractivity contribution in [3.05, 3.63) is 76.7 Å². The van der Waals surface area contributed by atoms with Crippen LogP contribution < -0.4 is 10.6 Å². The van der Waals surface area contributed by atoms with Gasteiger partial charge in [-0.1, -0.05) is 12.1 Å². The minimum absolute atomic E-state index is 0.0842. The van der Waals surface area contributed by atoms with Gasteiger partial charge in [-0.2, -0.15) is 0 Å². The van der Waals surface area contributed by atoms with E-state index in [1.165, 1.54) is 12.1 Å². The molecule has 1 amide bonds. The van der Waals surface area contributed by atoms with E-state index in [1.807, 2.05) is 32.0 Å². The minimum atomic E-state index is -0.757. The fourth-order valence-corrected chi connectivity index (χ4v) is 2.74. The number of nitrogens with one attached hydrogen (secondary N) is 2. The molecule has 5 nitrogen and oxygen atoms in total. The van der Waals surface area contributed by atoms with Gasteiger partial charge < -0.3 is 10.6 Å². The highest BCUT2D eigenvalue weighted by Gasteiger charge is 2.14. The van der Waals surface area contributed by atoms with Gasteiger partial charge in [-0.3, -0.25) is 4.79 Å². The standard InChI is InChI=1S/C20H18F2N4O/c1-11-7-12(2)9-14(8-11)25-20(27)17-10-18(24-13(3)23-17)26-19-15(21)5-4-6-16(19)22/h4-10H,1-3H3,(H,25,27)(H,23,24,26). The summed E-state index contributed by atoms with van der Waals surface area (Å²) in [6, 6.07) is 10.6. The highest BCUT2D eigenvalue weighted by Crippen LogP contribution is 2.23. The molecule has 3 aromatic rings. The van der Waals surface area contributed by atoms with Crippen LogP contribution in [0.25, 0.3) is 0 Å². The van der Waals surface area contributed by atoms with Crippen LogP contribution in [0.15, 0.2) is 42.5 Å². The predicted molar refractivity (Wildman–Crippen MR) is 100 cm³/mol. The van der Waals surface area contributed by atoms with Gasteiger partial charge in [-0.15, -0.1) is 0 Å². The lowest BCUT2D eigenvalue weighted by molar-refractivity contribution is 0.102. The fourth-order valence-electron chi connectivity index (χ4n) is 2.74. The van der Waals surface area contributed by atoms with Crippen molar-refractivity contribution >= 4 is 23.1 Å². The average molecular weight is 368 g/mol. The third kappa shape index (κ3) is 4.44. The van der Waals surface area contributed by atoms with Gasteiger partial charge in [-0.25, -0.2) is 18.7 Å². The second-order valence-electron chi connectivity index (χ2n) is 6.24. The van der Waals surface area contributed by atoms with E-state index in [0.29, 0.717) is 11.5 Å². The lowest BCUT2D eigenvalue weighted by Crippen LogP contribution is -2.15. The summed E-state index contributed by atoms with van der Waals surface area (Å²) >= 11 is 0. The van der Waals surface area contributed by atoms with E-state index in [1.54, 1.807) is 6.92 Å². The van der Waals surface area contributed by atoms with Gasteiger partial charge in [0.25, 0.3) is 5.91 Å². The number of anilines is 3. The number of aryl methyl sites for hydroxylation is 3. The highest BCUT2D eigenvalue weighted by molar-refractivity contribution is 6.03. The van der Waals surface area contributed by atoms with Gasteiger partial charge in [0.15, 0.2) is 0 Å². The summed E-state index contributed by atoms with van der Waals surface area (Å²) in [4.78, 5) is 20.8. The third-order valence-corrected chi connectivity index (χ3v) is 3.77. The van der Waals surface area contributed by atoms with Crippen LogP contribution in [0, 0.1) is 32.4 Å². The topological polar surface area (TPSA) is 66.9 Å². The van der Waals surface area contributed by atoms with Gasteiger partial charge >= 0.3 is 0 Å². The number of carbonyl (C=O) groups is 1. The summed E-state index contributed by atoms with van der Waals surface area (Å²) in [5, 5.41) is 5.35. The van der Waals surface area contributed by atoms with E-state index < -0.39 is 17.5 Å². The third-order valence-electron chi connectivity index (χ3n) is 3.77. The molecule has 0 spiro atoms. The lowest BCUT2D eigenvalue weighted by atomic mass is 10.1. The van der Waals surface area contributed by atoms with Gasteiger partial charge in [-0.05, 0) is 56.2 Å². The van der Waals surface area contributed by atoms with Gasteiger partial charge in [0, 0.05) is 11.8 Å². The van der Waals surface area contributed by atoms with E-state index in [9.17, 15) is 13.6 Å². The van der Waals surface area contributed by atoms with Crippen LogP contribution in [0.3, 0.4) is 0 Å². The number of para-hydroxylation sites is 1. The molecule has 0 saturated heterocycles. The Kier molecular flexibility index (Phi) is 5.12. The zero-order valence-electron chi connectivity index (χ0n) is 15.1. The molecular weight excluding hydrogens is 350 g/mol. The molecule has 0 aliphatic carbocycles. The Labute approximate surface area is 155 Å². The molecule has 0 saturated carbocycles. The van der Waals surface area contributed by atoms with Gasteiger partial charge in [0.2, 0.25) is 0 Å². The number of carbonyl (C=O) groups excluding carboxylic acids is 1. The van der Waals surface area contributed by atoms with Gasteiger partial charge in [0.1, 0.15) is 34.7 Å². The quantitative estimate of drug-likeness (QED) is 0.702. The summed E-state index contributed by atoms with van der Waals surface area (Å²) in [5.41, 5.74) is 2.42. The van der Waals surface area contributed by atoms with Crippen molar-refractivity contribution in [3.63, 3.8) is 0 Å². The summed E-state index contributed by atoms with van der Waals surface area (Å²) in [5.74, 6) is -1.54. The van der Waals surface area contributed by atoms with Crippen LogP contribution in [0.5, 0.6) is 0 Å². The molecule has 138 valence electrons. The largest absolute Gasteiger partial charge is 0.335 e. The second kappa shape index (κ2) is 7.49. The van der Waals surface area contributed by atoms with E-state index in [4.69, 9.17) is 0 Å². The first kappa shape index (κ1) is 18.4. The van der Waals surface area contributed by atoms with E-state index in [0.717, 1.165) is 23.3 Å². The molecule has 0 aliphatic heterocycles. The van der Waals surface area contributed by atoms with Crippen LogP contribution in [0.1, 0.15) is 27.4 Å². The van der Waals surface area contributed by atoms with E-state index in [-0.39, 0.29) is 17.2 Å². The Bertz CT molecular complexity index is 980. The minimum Gasteiger partial charge on any atom is -0.335 e. The molecule has 0 aliphatic rings. The molecule has 1 heterocycles. The number of hydrogen-bond acceptors (Lipinski definition) is 4. The van der Waals surface area contributed by atoms with Crippen molar-refractivity contribution in [1.82, 2.24) is 9.97 Å². The normalized spacial score (nSPS) is 10.6.